The van der Waals surface area contributed by atoms with Crippen molar-refractivity contribution in [1.82, 2.24) is 29.5 Å². The van der Waals surface area contributed by atoms with Crippen LogP contribution in [-0.2, 0) is 13.5 Å². The SMILES string of the molecule is CCCc1nn(C)c2c(=O)[n-]c(-c3cc(C(=O)CN4CCN(CC)CC4)ccc3OCC)nc12.[Na+]. The molecule has 35 heavy (non-hydrogen) atoms. The van der Waals surface area contributed by atoms with Crippen LogP contribution in [0.3, 0.4) is 0 Å². The number of aromatic nitrogens is 4. The van der Waals surface area contributed by atoms with Crippen LogP contribution in [-0.4, -0.2) is 76.2 Å². The predicted octanol–water partition coefficient (Wildman–Crippen LogP) is -0.872. The van der Waals surface area contributed by atoms with Crippen molar-refractivity contribution in [2.75, 3.05) is 45.9 Å². The van der Waals surface area contributed by atoms with Gasteiger partial charge in [0.05, 0.1) is 18.8 Å². The van der Waals surface area contributed by atoms with E-state index in [1.165, 1.54) is 0 Å². The molecule has 1 aromatic carbocycles. The number of carbonyl (C=O) groups excluding carboxylic acids is 1. The summed E-state index contributed by atoms with van der Waals surface area (Å²) in [7, 11) is 1.73. The first-order chi connectivity index (χ1) is 16.4. The van der Waals surface area contributed by atoms with E-state index < -0.39 is 0 Å². The molecule has 0 amide bonds. The number of fused-ring (bicyclic) bond motifs is 1. The minimum absolute atomic E-state index is 0. The van der Waals surface area contributed by atoms with Gasteiger partial charge in [0.2, 0.25) is 0 Å². The number of rotatable bonds is 9. The molecule has 1 aliphatic rings. The fourth-order valence-electron chi connectivity index (χ4n) is 4.45. The van der Waals surface area contributed by atoms with Gasteiger partial charge in [0.15, 0.2) is 11.3 Å². The van der Waals surface area contributed by atoms with Crippen LogP contribution in [0.1, 0.15) is 43.2 Å². The van der Waals surface area contributed by atoms with Gasteiger partial charge in [-0.2, -0.15) is 5.10 Å². The van der Waals surface area contributed by atoms with E-state index in [0.29, 0.717) is 41.1 Å². The molecule has 0 radical (unpaired) electrons. The van der Waals surface area contributed by atoms with Gasteiger partial charge in [-0.1, -0.05) is 20.3 Å². The van der Waals surface area contributed by atoms with Crippen molar-refractivity contribution in [1.29, 1.82) is 0 Å². The van der Waals surface area contributed by atoms with Crippen molar-refractivity contribution in [3.8, 4) is 17.1 Å². The van der Waals surface area contributed by atoms with Crippen LogP contribution in [0.2, 0.25) is 0 Å². The molecule has 182 valence electrons. The second kappa shape index (κ2) is 12.3. The molecule has 0 aliphatic carbocycles. The number of ether oxygens (including phenoxy) is 1. The van der Waals surface area contributed by atoms with Crippen molar-refractivity contribution in [2.24, 2.45) is 7.05 Å². The van der Waals surface area contributed by atoms with E-state index in [-0.39, 0.29) is 46.7 Å². The Morgan fingerprint density at radius 1 is 1.11 bits per heavy atom. The Morgan fingerprint density at radius 2 is 1.83 bits per heavy atom. The molecule has 1 fully saturated rings. The largest absolute Gasteiger partial charge is 1.00 e. The normalized spacial score (nSPS) is 14.7. The van der Waals surface area contributed by atoms with Crippen molar-refractivity contribution >= 4 is 16.8 Å². The molecule has 2 aromatic heterocycles. The monoisotopic (exact) mass is 488 g/mol. The van der Waals surface area contributed by atoms with E-state index in [0.717, 1.165) is 51.3 Å². The van der Waals surface area contributed by atoms with E-state index >= 15 is 0 Å². The Kier molecular flexibility index (Phi) is 9.66. The zero-order valence-corrected chi connectivity index (χ0v) is 23.5. The summed E-state index contributed by atoms with van der Waals surface area (Å²) >= 11 is 0. The zero-order valence-electron chi connectivity index (χ0n) is 21.5. The number of carbonyl (C=O) groups is 1. The molecule has 10 heteroatoms. The number of benzene rings is 1. The number of nitrogens with zero attached hydrogens (tertiary/aromatic N) is 6. The van der Waals surface area contributed by atoms with E-state index in [9.17, 15) is 9.59 Å². The topological polar surface area (TPSA) is 94.7 Å². The molecule has 0 saturated carbocycles. The average molecular weight is 489 g/mol. The third kappa shape index (κ3) is 6.03. The van der Waals surface area contributed by atoms with Gasteiger partial charge in [0, 0.05) is 49.9 Å². The average Bonchev–Trinajstić information content (AvgIpc) is 3.15. The van der Waals surface area contributed by atoms with Crippen LogP contribution in [0.25, 0.3) is 22.4 Å². The minimum Gasteiger partial charge on any atom is -0.493 e. The Balaban J connectivity index is 0.00000342. The second-order valence-corrected chi connectivity index (χ2v) is 8.65. The Labute approximate surface area is 228 Å². The van der Waals surface area contributed by atoms with E-state index in [1.54, 1.807) is 29.9 Å². The number of hydrogen-bond donors (Lipinski definition) is 0. The van der Waals surface area contributed by atoms with Crippen LogP contribution < -0.4 is 44.8 Å². The molecule has 4 rings (SSSR count). The van der Waals surface area contributed by atoms with Crippen LogP contribution >= 0.6 is 0 Å². The maximum absolute atomic E-state index is 13.1. The van der Waals surface area contributed by atoms with Gasteiger partial charge < -0.3 is 19.6 Å². The quantitative estimate of drug-likeness (QED) is 0.283. The Hall–Kier alpha value is -2.04. The second-order valence-electron chi connectivity index (χ2n) is 8.65. The van der Waals surface area contributed by atoms with Crippen LogP contribution in [0, 0.1) is 0 Å². The number of ketones is 1. The molecule has 1 aliphatic heterocycles. The van der Waals surface area contributed by atoms with Gasteiger partial charge in [0.1, 0.15) is 11.3 Å². The third-order valence-corrected chi connectivity index (χ3v) is 6.33. The van der Waals surface area contributed by atoms with E-state index in [1.807, 2.05) is 6.92 Å². The van der Waals surface area contributed by atoms with Crippen LogP contribution in [0.5, 0.6) is 5.75 Å². The molecular weight excluding hydrogens is 455 g/mol. The van der Waals surface area contributed by atoms with Gasteiger partial charge in [-0.25, -0.2) is 0 Å². The summed E-state index contributed by atoms with van der Waals surface area (Å²) < 4.78 is 7.35. The maximum Gasteiger partial charge on any atom is 1.00 e. The van der Waals surface area contributed by atoms with Gasteiger partial charge in [-0.15, -0.1) is 0 Å². The van der Waals surface area contributed by atoms with Crippen molar-refractivity contribution in [3.63, 3.8) is 0 Å². The third-order valence-electron chi connectivity index (χ3n) is 6.33. The van der Waals surface area contributed by atoms with Crippen molar-refractivity contribution < 1.29 is 39.1 Å². The zero-order chi connectivity index (χ0) is 24.2. The van der Waals surface area contributed by atoms with E-state index in [4.69, 9.17) is 9.72 Å². The fraction of sp³-hybridized carbons (Fsp3) is 0.520. The van der Waals surface area contributed by atoms with Gasteiger partial charge in [0.25, 0.3) is 0 Å². The van der Waals surface area contributed by atoms with Crippen molar-refractivity contribution in [2.45, 2.75) is 33.6 Å². The van der Waals surface area contributed by atoms with Gasteiger partial charge >= 0.3 is 29.6 Å². The molecule has 3 aromatic rings. The molecule has 9 nitrogen and oxygen atoms in total. The number of aryl methyl sites for hydroxylation is 2. The molecule has 0 unspecified atom stereocenters. The molecule has 1 saturated heterocycles. The standard InChI is InChI=1S/C25H34N6O3.Na/c1-5-8-19-22-23(29(4)28-19)25(33)27-24(26-22)18-15-17(9-10-21(18)34-7-3)20(32)16-31-13-11-30(6-2)12-14-31;/h9-10,15H,5-8,11-14,16H2,1-4H3,(H,26,27,33);/q;+1/p-1. The first kappa shape index (κ1) is 27.5. The summed E-state index contributed by atoms with van der Waals surface area (Å²) in [6.07, 6.45) is 1.61. The van der Waals surface area contributed by atoms with Crippen LogP contribution in [0.4, 0.5) is 0 Å². The van der Waals surface area contributed by atoms with Gasteiger partial charge in [-0.05, 0) is 43.9 Å². The van der Waals surface area contributed by atoms with Crippen molar-refractivity contribution in [3.05, 3.63) is 39.8 Å². The number of hydrogen-bond acceptors (Lipinski definition) is 7. The smallest absolute Gasteiger partial charge is 0.493 e. The molecule has 0 N–H and O–H groups in total. The summed E-state index contributed by atoms with van der Waals surface area (Å²) in [5.41, 5.74) is 2.46. The Bertz CT molecular complexity index is 1230. The van der Waals surface area contributed by atoms with Gasteiger partial charge in [-0.3, -0.25) is 19.2 Å². The van der Waals surface area contributed by atoms with Crippen LogP contribution in [0.15, 0.2) is 23.0 Å². The molecule has 0 bridgehead atoms. The predicted molar refractivity (Wildman–Crippen MR) is 132 cm³/mol. The molecule has 3 heterocycles. The molecular formula is C25H33N6NaO3. The molecule has 0 atom stereocenters. The number of Topliss-reactive ketones (excluding diaryl/α,β-unsaturated/α-hetero) is 1. The molecule has 0 spiro atoms. The summed E-state index contributed by atoms with van der Waals surface area (Å²) in [5.74, 6) is 0.846. The summed E-state index contributed by atoms with van der Waals surface area (Å²) in [6, 6.07) is 5.31. The first-order valence-electron chi connectivity index (χ1n) is 12.1. The summed E-state index contributed by atoms with van der Waals surface area (Å²) in [6.45, 7) is 11.7. The Morgan fingerprint density at radius 3 is 2.49 bits per heavy atom. The fourth-order valence-corrected chi connectivity index (χ4v) is 4.45. The first-order valence-corrected chi connectivity index (χ1v) is 12.1. The number of likely N-dealkylation sites (N-methyl/N-ethyl adjacent to an activating group) is 1. The minimum atomic E-state index is -0.384. The summed E-state index contributed by atoms with van der Waals surface area (Å²) in [4.78, 5) is 39.6. The number of piperazine rings is 1. The summed E-state index contributed by atoms with van der Waals surface area (Å²) in [5, 5.41) is 4.48. The maximum atomic E-state index is 13.1. The van der Waals surface area contributed by atoms with E-state index in [2.05, 4.69) is 33.7 Å².